The zero-order valence-corrected chi connectivity index (χ0v) is 18.0. The highest BCUT2D eigenvalue weighted by molar-refractivity contribution is 5.81. The van der Waals surface area contributed by atoms with Crippen LogP contribution in [0.3, 0.4) is 0 Å². The largest absolute Gasteiger partial charge is 0.497 e. The summed E-state index contributed by atoms with van der Waals surface area (Å²) in [5, 5.41) is 9.41. The summed E-state index contributed by atoms with van der Waals surface area (Å²) in [5.74, 6) is 0.967. The average Bonchev–Trinajstić information content (AvgIpc) is 3.53. The van der Waals surface area contributed by atoms with Crippen molar-refractivity contribution in [2.24, 2.45) is 0 Å². The fourth-order valence-electron chi connectivity index (χ4n) is 3.46. The Hall–Kier alpha value is -4.26. The van der Waals surface area contributed by atoms with Crippen molar-refractivity contribution in [2.45, 2.75) is 6.42 Å². The number of oxazole rings is 1. The first-order valence-electron chi connectivity index (χ1n) is 10.3. The van der Waals surface area contributed by atoms with Gasteiger partial charge in [-0.05, 0) is 29.8 Å². The number of methoxy groups -OCH3 is 1. The first-order chi connectivity index (χ1) is 16.1. The number of anilines is 1. The van der Waals surface area contributed by atoms with Crippen molar-refractivity contribution < 1.29 is 27.9 Å². The van der Waals surface area contributed by atoms with Crippen molar-refractivity contribution >= 4 is 17.8 Å². The highest BCUT2D eigenvalue weighted by atomic mass is 16.5. The van der Waals surface area contributed by atoms with Gasteiger partial charge in [0.05, 0.1) is 19.8 Å². The smallest absolute Gasteiger partial charge is 0.310 e. The maximum Gasteiger partial charge on any atom is 0.310 e. The average molecular weight is 450 g/mol. The quantitative estimate of drug-likeness (QED) is 0.499. The molecule has 0 radical (unpaired) electrons. The zero-order chi connectivity index (χ0) is 23.2. The maximum atomic E-state index is 12.5. The fraction of sp³-hybridized carbons (Fsp3) is 0.304. The molecule has 170 valence electrons. The van der Waals surface area contributed by atoms with Crippen LogP contribution in [0.4, 0.5) is 5.88 Å². The van der Waals surface area contributed by atoms with E-state index in [4.69, 9.17) is 18.3 Å². The molecule has 1 aliphatic rings. The van der Waals surface area contributed by atoms with Gasteiger partial charge in [-0.15, -0.1) is 0 Å². The summed E-state index contributed by atoms with van der Waals surface area (Å²) in [6.45, 7) is 1.39. The van der Waals surface area contributed by atoms with Crippen LogP contribution in [-0.2, 0) is 20.7 Å². The molecular formula is C23H22N4O6. The van der Waals surface area contributed by atoms with Crippen LogP contribution >= 0.6 is 0 Å². The summed E-state index contributed by atoms with van der Waals surface area (Å²) < 4.78 is 21.3. The summed E-state index contributed by atoms with van der Waals surface area (Å²) in [6.07, 6.45) is 1.57. The first-order valence-corrected chi connectivity index (χ1v) is 10.3. The predicted molar refractivity (Wildman–Crippen MR) is 115 cm³/mol. The van der Waals surface area contributed by atoms with Crippen molar-refractivity contribution in [3.8, 4) is 23.5 Å². The monoisotopic (exact) mass is 450 g/mol. The highest BCUT2D eigenvalue weighted by Crippen LogP contribution is 2.29. The Morgan fingerprint density at radius 1 is 1.15 bits per heavy atom. The molecule has 0 unspecified atom stereocenters. The fourth-order valence-corrected chi connectivity index (χ4v) is 3.46. The molecule has 1 amide bonds. The van der Waals surface area contributed by atoms with E-state index in [0.717, 1.165) is 5.56 Å². The molecule has 0 bridgehead atoms. The molecule has 2 aromatic heterocycles. The lowest BCUT2D eigenvalue weighted by Gasteiger charge is -2.34. The molecule has 33 heavy (non-hydrogen) atoms. The van der Waals surface area contributed by atoms with Crippen molar-refractivity contribution in [1.29, 1.82) is 5.26 Å². The third-order valence-corrected chi connectivity index (χ3v) is 5.23. The molecule has 1 saturated heterocycles. The van der Waals surface area contributed by atoms with Crippen LogP contribution in [0.2, 0.25) is 0 Å². The molecule has 0 aliphatic carbocycles. The van der Waals surface area contributed by atoms with Crippen LogP contribution < -0.4 is 9.64 Å². The van der Waals surface area contributed by atoms with E-state index in [0.29, 0.717) is 43.6 Å². The Morgan fingerprint density at radius 2 is 1.91 bits per heavy atom. The number of carbonyl (C=O) groups is 2. The number of carbonyl (C=O) groups excluding carboxylic acids is 2. The van der Waals surface area contributed by atoms with Gasteiger partial charge in [-0.2, -0.15) is 10.2 Å². The summed E-state index contributed by atoms with van der Waals surface area (Å²) in [6, 6.07) is 12.5. The normalized spacial score (nSPS) is 13.5. The number of furan rings is 1. The van der Waals surface area contributed by atoms with E-state index < -0.39 is 5.97 Å². The van der Waals surface area contributed by atoms with Crippen LogP contribution in [0.5, 0.6) is 5.75 Å². The molecule has 4 rings (SSSR count). The van der Waals surface area contributed by atoms with E-state index in [2.05, 4.69) is 4.98 Å². The molecule has 1 aliphatic heterocycles. The molecule has 10 heteroatoms. The second kappa shape index (κ2) is 9.91. The number of ether oxygens (including phenoxy) is 2. The van der Waals surface area contributed by atoms with Crippen molar-refractivity contribution in [2.75, 3.05) is 44.8 Å². The summed E-state index contributed by atoms with van der Waals surface area (Å²) >= 11 is 0. The van der Waals surface area contributed by atoms with Crippen LogP contribution in [0.15, 0.2) is 51.5 Å². The van der Waals surface area contributed by atoms with Gasteiger partial charge in [-0.3, -0.25) is 9.59 Å². The van der Waals surface area contributed by atoms with Crippen molar-refractivity contribution in [3.63, 3.8) is 0 Å². The predicted octanol–water partition coefficient (Wildman–Crippen LogP) is 2.25. The van der Waals surface area contributed by atoms with Gasteiger partial charge >= 0.3 is 5.97 Å². The minimum absolute atomic E-state index is 0.0749. The number of hydrogen-bond acceptors (Lipinski definition) is 9. The van der Waals surface area contributed by atoms with E-state index in [1.807, 2.05) is 11.0 Å². The van der Waals surface area contributed by atoms with Gasteiger partial charge in [0.1, 0.15) is 11.8 Å². The standard InChI is InChI=1S/C23H22N4O6/c1-30-17-6-4-16(5-7-17)13-21(29)32-15-20(28)26-8-10-27(11-9-26)23-18(14-24)25-22(33-23)19-3-2-12-31-19/h2-7,12H,8-11,13,15H2,1H3. The Balaban J connectivity index is 1.27. The van der Waals surface area contributed by atoms with Gasteiger partial charge in [0.2, 0.25) is 11.6 Å². The van der Waals surface area contributed by atoms with E-state index in [1.54, 1.807) is 48.4 Å². The summed E-state index contributed by atoms with van der Waals surface area (Å²) in [7, 11) is 1.57. The van der Waals surface area contributed by atoms with Crippen LogP contribution in [-0.4, -0.2) is 61.7 Å². The second-order valence-corrected chi connectivity index (χ2v) is 7.32. The van der Waals surface area contributed by atoms with Gasteiger partial charge in [-0.1, -0.05) is 12.1 Å². The van der Waals surface area contributed by atoms with Crippen LogP contribution in [0.25, 0.3) is 11.7 Å². The van der Waals surface area contributed by atoms with E-state index in [1.165, 1.54) is 6.26 Å². The maximum absolute atomic E-state index is 12.5. The Kier molecular flexibility index (Phi) is 6.59. The third-order valence-electron chi connectivity index (χ3n) is 5.23. The molecule has 1 aromatic carbocycles. The number of hydrogen-bond donors (Lipinski definition) is 0. The topological polar surface area (TPSA) is 122 Å². The number of piperazine rings is 1. The van der Waals surface area contributed by atoms with E-state index in [-0.39, 0.29) is 30.5 Å². The molecule has 10 nitrogen and oxygen atoms in total. The minimum Gasteiger partial charge on any atom is -0.497 e. The van der Waals surface area contributed by atoms with Gasteiger partial charge < -0.3 is 28.1 Å². The lowest BCUT2D eigenvalue weighted by Crippen LogP contribution is -2.50. The van der Waals surface area contributed by atoms with Gasteiger partial charge in [0, 0.05) is 26.2 Å². The van der Waals surface area contributed by atoms with Crippen LogP contribution in [0.1, 0.15) is 11.3 Å². The summed E-state index contributed by atoms with van der Waals surface area (Å²) in [5.41, 5.74) is 0.935. The molecule has 0 atom stereocenters. The molecule has 3 heterocycles. The minimum atomic E-state index is -0.474. The number of nitriles is 1. The van der Waals surface area contributed by atoms with Gasteiger partial charge in [-0.25, -0.2) is 0 Å². The number of amides is 1. The molecular weight excluding hydrogens is 428 g/mol. The van der Waals surface area contributed by atoms with E-state index in [9.17, 15) is 14.9 Å². The van der Waals surface area contributed by atoms with Gasteiger partial charge in [0.15, 0.2) is 12.4 Å². The number of aromatic nitrogens is 1. The Bertz CT molecular complexity index is 1140. The lowest BCUT2D eigenvalue weighted by atomic mass is 10.1. The second-order valence-electron chi connectivity index (χ2n) is 7.32. The molecule has 0 spiro atoms. The van der Waals surface area contributed by atoms with Crippen molar-refractivity contribution in [1.82, 2.24) is 9.88 Å². The zero-order valence-electron chi connectivity index (χ0n) is 18.0. The Labute approximate surface area is 189 Å². The number of esters is 1. The Morgan fingerprint density at radius 3 is 2.55 bits per heavy atom. The number of nitrogens with zero attached hydrogens (tertiary/aromatic N) is 4. The lowest BCUT2D eigenvalue weighted by molar-refractivity contribution is -0.151. The molecule has 3 aromatic rings. The number of rotatable bonds is 7. The molecule has 0 N–H and O–H groups in total. The van der Waals surface area contributed by atoms with Crippen LogP contribution in [0, 0.1) is 11.3 Å². The van der Waals surface area contributed by atoms with Crippen molar-refractivity contribution in [3.05, 3.63) is 53.9 Å². The van der Waals surface area contributed by atoms with Gasteiger partial charge in [0.25, 0.3) is 11.8 Å². The number of benzene rings is 1. The third kappa shape index (κ3) is 5.15. The summed E-state index contributed by atoms with van der Waals surface area (Å²) in [4.78, 5) is 32.2. The molecule has 0 saturated carbocycles. The SMILES string of the molecule is COc1ccc(CC(=O)OCC(=O)N2CCN(c3oc(-c4ccco4)nc3C#N)CC2)cc1. The highest BCUT2D eigenvalue weighted by Gasteiger charge is 2.27. The first kappa shape index (κ1) is 22.0. The van der Waals surface area contributed by atoms with E-state index >= 15 is 0 Å². The molecule has 1 fully saturated rings.